The molecule has 0 aromatic heterocycles. The number of likely N-dealkylation sites (N-methyl/N-ethyl adjacent to an activating group) is 1. The largest absolute Gasteiger partial charge is 0.492 e. The highest BCUT2D eigenvalue weighted by molar-refractivity contribution is 6.06. The summed E-state index contributed by atoms with van der Waals surface area (Å²) < 4.78 is 5.84. The summed E-state index contributed by atoms with van der Waals surface area (Å²) in [7, 11) is 1.54. The van der Waals surface area contributed by atoms with Crippen LogP contribution in [0.25, 0.3) is 0 Å². The second-order valence-corrected chi connectivity index (χ2v) is 7.30. The second kappa shape index (κ2) is 7.04. The Morgan fingerprint density at radius 1 is 1.36 bits per heavy atom. The van der Waals surface area contributed by atoms with Crippen molar-refractivity contribution >= 4 is 11.9 Å². The molecule has 0 aliphatic carbocycles. The van der Waals surface area contributed by atoms with E-state index in [-0.39, 0.29) is 17.9 Å². The van der Waals surface area contributed by atoms with Crippen LogP contribution >= 0.6 is 0 Å². The van der Waals surface area contributed by atoms with E-state index in [1.165, 1.54) is 10.5 Å². The summed E-state index contributed by atoms with van der Waals surface area (Å²) in [6.45, 7) is 7.14. The van der Waals surface area contributed by atoms with Crippen molar-refractivity contribution < 1.29 is 14.3 Å². The number of likely N-dealkylation sites (tertiary alicyclic amines) is 1. The van der Waals surface area contributed by atoms with Gasteiger partial charge in [-0.05, 0) is 50.9 Å². The highest BCUT2D eigenvalue weighted by atomic mass is 16.5. The molecule has 2 heterocycles. The maximum absolute atomic E-state index is 12.5. The van der Waals surface area contributed by atoms with Gasteiger partial charge >= 0.3 is 6.03 Å². The molecule has 25 heavy (non-hydrogen) atoms. The molecule has 2 aliphatic rings. The zero-order valence-corrected chi connectivity index (χ0v) is 15.2. The first-order valence-electron chi connectivity index (χ1n) is 8.92. The maximum atomic E-state index is 12.5. The number of hydrogen-bond donors (Lipinski definition) is 1. The van der Waals surface area contributed by atoms with Gasteiger partial charge in [0.25, 0.3) is 5.91 Å². The molecule has 0 saturated carbocycles. The van der Waals surface area contributed by atoms with Gasteiger partial charge in [-0.25, -0.2) is 4.79 Å². The van der Waals surface area contributed by atoms with E-state index in [4.69, 9.17) is 4.74 Å². The number of benzene rings is 1. The zero-order chi connectivity index (χ0) is 18.0. The summed E-state index contributed by atoms with van der Waals surface area (Å²) in [5, 5.41) is 2.89. The number of hydrogen-bond acceptors (Lipinski definition) is 4. The molecule has 136 valence electrons. The number of aryl methyl sites for hydroxylation is 1. The predicted octanol–water partition coefficient (Wildman–Crippen LogP) is 2.03. The van der Waals surface area contributed by atoms with Crippen molar-refractivity contribution in [3.63, 3.8) is 0 Å². The molecule has 2 atom stereocenters. The van der Waals surface area contributed by atoms with Gasteiger partial charge in [-0.1, -0.05) is 12.1 Å². The molecule has 2 unspecified atom stereocenters. The van der Waals surface area contributed by atoms with Gasteiger partial charge in [-0.3, -0.25) is 14.6 Å². The molecule has 0 radical (unpaired) electrons. The van der Waals surface area contributed by atoms with Crippen LogP contribution < -0.4 is 10.1 Å². The molecule has 6 nitrogen and oxygen atoms in total. The zero-order valence-electron chi connectivity index (χ0n) is 15.2. The lowest BCUT2D eigenvalue weighted by Gasteiger charge is -2.39. The summed E-state index contributed by atoms with van der Waals surface area (Å²) in [5.41, 5.74) is 0.394. The van der Waals surface area contributed by atoms with Gasteiger partial charge in [0, 0.05) is 26.1 Å². The quantitative estimate of drug-likeness (QED) is 0.830. The molecule has 1 N–H and O–H groups in total. The molecule has 3 rings (SSSR count). The van der Waals surface area contributed by atoms with E-state index < -0.39 is 5.54 Å². The first kappa shape index (κ1) is 17.7. The summed E-state index contributed by atoms with van der Waals surface area (Å²) in [4.78, 5) is 27.8. The van der Waals surface area contributed by atoms with E-state index in [1.54, 1.807) is 7.05 Å². The number of urea groups is 1. The third-order valence-corrected chi connectivity index (χ3v) is 5.41. The van der Waals surface area contributed by atoms with Crippen molar-refractivity contribution in [2.75, 3.05) is 33.3 Å². The van der Waals surface area contributed by atoms with Crippen molar-refractivity contribution in [3.05, 3.63) is 29.8 Å². The molecule has 2 saturated heterocycles. The normalized spacial score (nSPS) is 27.5. The molecule has 6 heteroatoms. The minimum absolute atomic E-state index is 0.125. The Bertz CT molecular complexity index is 663. The van der Waals surface area contributed by atoms with Crippen molar-refractivity contribution in [1.29, 1.82) is 0 Å². The molecule has 1 aromatic rings. The van der Waals surface area contributed by atoms with Gasteiger partial charge in [-0.15, -0.1) is 0 Å². The smallest absolute Gasteiger partial charge is 0.324 e. The van der Waals surface area contributed by atoms with Crippen LogP contribution in [0.3, 0.4) is 0 Å². The number of nitrogens with one attached hydrogen (secondary N) is 1. The van der Waals surface area contributed by atoms with E-state index >= 15 is 0 Å². The third kappa shape index (κ3) is 3.63. The van der Waals surface area contributed by atoms with Crippen molar-refractivity contribution in [1.82, 2.24) is 15.1 Å². The number of imide groups is 1. The molecule has 3 amide bonds. The molecule has 0 spiro atoms. The molecular weight excluding hydrogens is 318 g/mol. The number of rotatable bonds is 5. The standard InChI is InChI=1S/C19H27N3O3/c1-14-6-4-8-16(12-14)25-11-10-22-9-5-7-15(13-22)19(2)17(23)21(3)18(24)20-19/h4,6,8,12,15H,5,7,9-11,13H2,1-3H3,(H,20,24). The van der Waals surface area contributed by atoms with E-state index in [0.29, 0.717) is 6.61 Å². The molecule has 2 aliphatic heterocycles. The lowest BCUT2D eigenvalue weighted by molar-refractivity contribution is -0.132. The van der Waals surface area contributed by atoms with Gasteiger partial charge in [-0.2, -0.15) is 0 Å². The lowest BCUT2D eigenvalue weighted by Crippen LogP contribution is -2.56. The Kier molecular flexibility index (Phi) is 4.99. The van der Waals surface area contributed by atoms with Gasteiger partial charge < -0.3 is 10.1 Å². The van der Waals surface area contributed by atoms with Crippen molar-refractivity contribution in [2.45, 2.75) is 32.2 Å². The topological polar surface area (TPSA) is 61.9 Å². The number of amides is 3. The number of piperidine rings is 1. The second-order valence-electron chi connectivity index (χ2n) is 7.30. The highest BCUT2D eigenvalue weighted by Crippen LogP contribution is 2.31. The minimum Gasteiger partial charge on any atom is -0.492 e. The van der Waals surface area contributed by atoms with Gasteiger partial charge in [0.15, 0.2) is 0 Å². The fourth-order valence-corrected chi connectivity index (χ4v) is 3.80. The number of carbonyl (C=O) groups is 2. The number of carbonyl (C=O) groups excluding carboxylic acids is 2. The Morgan fingerprint density at radius 3 is 2.84 bits per heavy atom. The van der Waals surface area contributed by atoms with E-state index in [2.05, 4.69) is 10.2 Å². The molecule has 2 fully saturated rings. The Labute approximate surface area is 149 Å². The van der Waals surface area contributed by atoms with E-state index in [9.17, 15) is 9.59 Å². The molecular formula is C19H27N3O3. The van der Waals surface area contributed by atoms with Gasteiger partial charge in [0.1, 0.15) is 17.9 Å². The Hall–Kier alpha value is -2.08. The minimum atomic E-state index is -0.790. The first-order valence-corrected chi connectivity index (χ1v) is 8.92. The summed E-state index contributed by atoms with van der Waals surface area (Å²) >= 11 is 0. The first-order chi connectivity index (χ1) is 11.9. The van der Waals surface area contributed by atoms with Crippen LogP contribution in [0, 0.1) is 12.8 Å². The van der Waals surface area contributed by atoms with E-state index in [0.717, 1.165) is 38.2 Å². The summed E-state index contributed by atoms with van der Waals surface area (Å²) in [6.07, 6.45) is 1.98. The van der Waals surface area contributed by atoms with Crippen LogP contribution in [-0.2, 0) is 4.79 Å². The maximum Gasteiger partial charge on any atom is 0.324 e. The van der Waals surface area contributed by atoms with Crippen LogP contribution in [0.4, 0.5) is 4.79 Å². The average molecular weight is 345 g/mol. The van der Waals surface area contributed by atoms with Gasteiger partial charge in [0.05, 0.1) is 0 Å². The summed E-state index contributed by atoms with van der Waals surface area (Å²) in [5.74, 6) is 0.891. The number of ether oxygens (including phenoxy) is 1. The van der Waals surface area contributed by atoms with Crippen LogP contribution in [0.5, 0.6) is 5.75 Å². The Balaban J connectivity index is 1.55. The van der Waals surface area contributed by atoms with Gasteiger partial charge in [0.2, 0.25) is 0 Å². The van der Waals surface area contributed by atoms with Crippen LogP contribution in [0.15, 0.2) is 24.3 Å². The fourth-order valence-electron chi connectivity index (χ4n) is 3.80. The Morgan fingerprint density at radius 2 is 2.16 bits per heavy atom. The molecule has 0 bridgehead atoms. The van der Waals surface area contributed by atoms with Crippen LogP contribution in [0.2, 0.25) is 0 Å². The summed E-state index contributed by atoms with van der Waals surface area (Å²) in [6, 6.07) is 7.74. The lowest BCUT2D eigenvalue weighted by atomic mass is 9.80. The van der Waals surface area contributed by atoms with Crippen LogP contribution in [-0.4, -0.2) is 60.6 Å². The number of nitrogens with zero attached hydrogens (tertiary/aromatic N) is 2. The van der Waals surface area contributed by atoms with Crippen molar-refractivity contribution in [3.8, 4) is 5.75 Å². The van der Waals surface area contributed by atoms with Crippen LogP contribution in [0.1, 0.15) is 25.3 Å². The third-order valence-electron chi connectivity index (χ3n) is 5.41. The average Bonchev–Trinajstić information content (AvgIpc) is 2.79. The van der Waals surface area contributed by atoms with Crippen molar-refractivity contribution in [2.24, 2.45) is 5.92 Å². The highest BCUT2D eigenvalue weighted by Gasteiger charge is 2.51. The predicted molar refractivity (Wildman–Crippen MR) is 95.5 cm³/mol. The monoisotopic (exact) mass is 345 g/mol. The SMILES string of the molecule is Cc1cccc(OCCN2CCCC(C3(C)NC(=O)N(C)C3=O)C2)c1. The molecule has 1 aromatic carbocycles. The van der Waals surface area contributed by atoms with E-state index in [1.807, 2.05) is 38.1 Å². The fraction of sp³-hybridized carbons (Fsp3) is 0.579.